The third kappa shape index (κ3) is 9.91. The first-order valence-electron chi connectivity index (χ1n) is 19.7. The van der Waals surface area contributed by atoms with Crippen LogP contribution >= 0.6 is 8.53 Å². The van der Waals surface area contributed by atoms with E-state index in [1.807, 2.05) is 97.5 Å². The summed E-state index contributed by atoms with van der Waals surface area (Å²) < 4.78 is 37.3. The van der Waals surface area contributed by atoms with Gasteiger partial charge in [-0.05, 0) is 62.1 Å². The third-order valence-electron chi connectivity index (χ3n) is 10.1. The van der Waals surface area contributed by atoms with E-state index in [2.05, 4.69) is 53.4 Å². The Kier molecular flexibility index (Phi) is 14.7. The predicted octanol–water partition coefficient (Wildman–Crippen LogP) is 7.40. The Balaban J connectivity index is 1.45. The molecular weight excluding hydrogens is 769 g/mol. The van der Waals surface area contributed by atoms with E-state index in [1.54, 1.807) is 30.7 Å². The maximum Gasteiger partial charge on any atom is 0.277 e. The van der Waals surface area contributed by atoms with Gasteiger partial charge in [-0.3, -0.25) is 4.79 Å². The molecule has 3 heterocycles. The lowest BCUT2D eigenvalue weighted by Crippen LogP contribution is -2.39. The molecule has 3 aromatic carbocycles. The molecule has 15 heteroatoms. The van der Waals surface area contributed by atoms with Gasteiger partial charge in [0, 0.05) is 38.7 Å². The highest BCUT2D eigenvalue weighted by atomic mass is 31.2. The van der Waals surface area contributed by atoms with E-state index in [1.165, 1.54) is 0 Å². The fraction of sp³-hybridized carbons (Fsp3) is 0.409. The van der Waals surface area contributed by atoms with Crippen LogP contribution in [0, 0.1) is 11.3 Å². The number of pyridine rings is 1. The second kappa shape index (κ2) is 19.9. The van der Waals surface area contributed by atoms with Gasteiger partial charge >= 0.3 is 0 Å². The summed E-state index contributed by atoms with van der Waals surface area (Å²) in [6.07, 6.45) is 2.01. The quantitative estimate of drug-likeness (QED) is 0.0281. The van der Waals surface area contributed by atoms with Crippen molar-refractivity contribution in [2.45, 2.75) is 83.3 Å². The molecule has 0 radical (unpaired) electrons. The van der Waals surface area contributed by atoms with Crippen molar-refractivity contribution >= 4 is 31.7 Å². The molecule has 0 saturated carbocycles. The molecule has 1 aliphatic rings. The lowest BCUT2D eigenvalue weighted by atomic mass is 9.79. The monoisotopic (exact) mass is 823 g/mol. The molecule has 2 N–H and O–H groups in total. The molecule has 312 valence electrons. The number of imidazole rings is 1. The van der Waals surface area contributed by atoms with Gasteiger partial charge in [0.25, 0.3) is 14.1 Å². The number of ether oxygens (including phenoxy) is 3. The zero-order valence-corrected chi connectivity index (χ0v) is 35.6. The predicted molar refractivity (Wildman–Crippen MR) is 228 cm³/mol. The molecule has 6 rings (SSSR count). The molecular formula is C44H54N7O7P. The Labute approximate surface area is 346 Å². The number of aromatic nitrogens is 3. The highest BCUT2D eigenvalue weighted by molar-refractivity contribution is 7.44. The Morgan fingerprint density at radius 1 is 1.05 bits per heavy atom. The third-order valence-corrected chi connectivity index (χ3v) is 12.2. The van der Waals surface area contributed by atoms with Gasteiger partial charge in [0.15, 0.2) is 5.52 Å². The number of hydrogen-bond acceptors (Lipinski definition) is 11. The van der Waals surface area contributed by atoms with E-state index in [-0.39, 0.29) is 49.4 Å². The van der Waals surface area contributed by atoms with E-state index in [0.29, 0.717) is 23.5 Å². The van der Waals surface area contributed by atoms with Gasteiger partial charge < -0.3 is 42.8 Å². The molecule has 1 aliphatic heterocycles. The normalized spacial score (nSPS) is 18.5. The van der Waals surface area contributed by atoms with E-state index in [0.717, 1.165) is 22.3 Å². The molecule has 2 aromatic heterocycles. The van der Waals surface area contributed by atoms with Crippen molar-refractivity contribution < 1.29 is 28.4 Å². The van der Waals surface area contributed by atoms with Crippen LogP contribution in [0.1, 0.15) is 69.0 Å². The van der Waals surface area contributed by atoms with Crippen molar-refractivity contribution in [2.75, 3.05) is 34.4 Å². The van der Waals surface area contributed by atoms with Gasteiger partial charge in [0.1, 0.15) is 29.5 Å². The average molecular weight is 824 g/mol. The lowest BCUT2D eigenvalue weighted by molar-refractivity contribution is -0.0911. The van der Waals surface area contributed by atoms with Gasteiger partial charge in [-0.1, -0.05) is 66.7 Å². The van der Waals surface area contributed by atoms with Crippen molar-refractivity contribution in [3.05, 3.63) is 124 Å². The first kappa shape index (κ1) is 43.6. The second-order valence-electron chi connectivity index (χ2n) is 15.1. The summed E-state index contributed by atoms with van der Waals surface area (Å²) in [6.45, 7) is 8.56. The number of nitrogens with one attached hydrogen (secondary N) is 1. The van der Waals surface area contributed by atoms with Crippen LogP contribution in [0.2, 0.25) is 0 Å². The lowest BCUT2D eigenvalue weighted by Gasteiger charge is -2.39. The number of methoxy groups -OCH3 is 1. The van der Waals surface area contributed by atoms with Crippen LogP contribution in [0.25, 0.3) is 11.0 Å². The largest absolute Gasteiger partial charge is 0.497 e. The second-order valence-corrected chi connectivity index (χ2v) is 16.5. The van der Waals surface area contributed by atoms with Crippen molar-refractivity contribution in [1.82, 2.24) is 24.1 Å². The Morgan fingerprint density at radius 3 is 2.32 bits per heavy atom. The van der Waals surface area contributed by atoms with Crippen molar-refractivity contribution in [1.29, 1.82) is 5.26 Å². The number of aliphatic imine (C=N–C) groups is 1. The highest BCUT2D eigenvalue weighted by Crippen LogP contribution is 2.51. The summed E-state index contributed by atoms with van der Waals surface area (Å²) in [5.74, 6) is 1.08. The van der Waals surface area contributed by atoms with Crippen molar-refractivity contribution in [3.8, 4) is 11.8 Å². The molecule has 0 bridgehead atoms. The van der Waals surface area contributed by atoms with Crippen LogP contribution in [0.15, 0.2) is 101 Å². The summed E-state index contributed by atoms with van der Waals surface area (Å²) in [4.78, 5) is 26.7. The summed E-state index contributed by atoms with van der Waals surface area (Å²) in [6, 6.07) is 29.7. The van der Waals surface area contributed by atoms with E-state index in [4.69, 9.17) is 23.3 Å². The molecule has 3 unspecified atom stereocenters. The molecule has 5 aromatic rings. The molecule has 0 amide bonds. The first-order valence-corrected chi connectivity index (χ1v) is 20.9. The molecule has 5 atom stereocenters. The first-order chi connectivity index (χ1) is 28.5. The zero-order valence-electron chi connectivity index (χ0n) is 34.7. The molecule has 1 saturated heterocycles. The van der Waals surface area contributed by atoms with Gasteiger partial charge in [-0.15, -0.1) is 0 Å². The number of aliphatic hydroxyl groups excluding tert-OH is 1. The number of aromatic amines is 1. The van der Waals surface area contributed by atoms with Gasteiger partial charge in [0.05, 0.1) is 63.7 Å². The minimum atomic E-state index is -1.66. The summed E-state index contributed by atoms with van der Waals surface area (Å²) in [5.41, 5.74) is 2.66. The molecule has 0 aliphatic carbocycles. The Morgan fingerprint density at radius 2 is 1.71 bits per heavy atom. The fourth-order valence-electron chi connectivity index (χ4n) is 7.35. The number of nitriles is 1. The summed E-state index contributed by atoms with van der Waals surface area (Å²) in [5, 5.41) is 19.4. The van der Waals surface area contributed by atoms with Gasteiger partial charge in [-0.2, -0.15) is 5.26 Å². The van der Waals surface area contributed by atoms with E-state index < -0.39 is 32.6 Å². The van der Waals surface area contributed by atoms with Crippen LogP contribution < -0.4 is 10.3 Å². The van der Waals surface area contributed by atoms with Crippen molar-refractivity contribution in [2.24, 2.45) is 4.99 Å². The minimum absolute atomic E-state index is 0.0696. The number of rotatable bonds is 19. The average Bonchev–Trinajstić information content (AvgIpc) is 3.85. The highest BCUT2D eigenvalue weighted by Gasteiger charge is 2.45. The number of fused-ring (bicyclic) bond motifs is 1. The number of benzene rings is 3. The number of hydrogen-bond donors (Lipinski definition) is 2. The minimum Gasteiger partial charge on any atom is -0.497 e. The summed E-state index contributed by atoms with van der Waals surface area (Å²) >= 11 is 0. The van der Waals surface area contributed by atoms with Crippen LogP contribution in [0.3, 0.4) is 0 Å². The zero-order chi connectivity index (χ0) is 42.1. The number of aliphatic hydroxyl groups is 1. The van der Waals surface area contributed by atoms with E-state index in [9.17, 15) is 15.2 Å². The Bertz CT molecular complexity index is 2180. The van der Waals surface area contributed by atoms with Crippen LogP contribution in [-0.2, 0) is 30.7 Å². The maximum absolute atomic E-state index is 13.2. The van der Waals surface area contributed by atoms with Gasteiger partial charge in [0.2, 0.25) is 0 Å². The summed E-state index contributed by atoms with van der Waals surface area (Å²) in [7, 11) is 3.67. The van der Waals surface area contributed by atoms with Crippen LogP contribution in [0.5, 0.6) is 5.75 Å². The maximum atomic E-state index is 13.2. The van der Waals surface area contributed by atoms with Gasteiger partial charge in [-0.25, -0.2) is 14.6 Å². The molecule has 1 fully saturated rings. The van der Waals surface area contributed by atoms with Crippen LogP contribution in [0.4, 0.5) is 5.82 Å². The van der Waals surface area contributed by atoms with Crippen LogP contribution in [-0.4, -0.2) is 94.3 Å². The smallest absolute Gasteiger partial charge is 0.277 e. The molecule has 0 spiro atoms. The Hall–Kier alpha value is -4.97. The van der Waals surface area contributed by atoms with Crippen molar-refractivity contribution in [3.63, 3.8) is 0 Å². The topological polar surface area (TPSA) is 160 Å². The molecule has 14 nitrogen and oxygen atoms in total. The van der Waals surface area contributed by atoms with E-state index >= 15 is 0 Å². The standard InChI is InChI=1S/C44H54N7O7P/c1-30(2)51(31(3)4)59(56-23-11-22-45)58-38-25-41(50-29-47-42-37(50)24-40(48-43(42)53)46-28-49(5)6)57-39(38)27-55-44(33-12-9-8-10-13-33,34-16-14-32(26-52)15-17-34)35-18-20-36(54-7)21-19-35/h8-10,12-21,24,28-31,38-39,41,52H,11,23,25-27H2,1-7H3,(H,48,53)/b46-28+/t38?,39-,41-,44?,59?/m1/s1. The fourth-order valence-corrected chi connectivity index (χ4v) is 9.11. The SMILES string of the molecule is COc1ccc(C(OC[C@H]2O[C@@H](n3cnc4c(=O)[nH]c(/N=C/N(C)C)cc43)CC2OP(OCCC#N)N(C(C)C)C(C)C)(c2ccccc2)c2ccc(CO)cc2)cc1. The number of nitrogens with zero attached hydrogens (tertiary/aromatic N) is 6. The molecule has 59 heavy (non-hydrogen) atoms. The number of H-pyrrole nitrogens is 1.